The Balaban J connectivity index is 1.66. The molecule has 1 atom stereocenters. The summed E-state index contributed by atoms with van der Waals surface area (Å²) in [7, 11) is 1.59. The van der Waals surface area contributed by atoms with Crippen molar-refractivity contribution in [3.05, 3.63) is 94.5 Å². The molecule has 0 fully saturated rings. The molecule has 3 aromatic carbocycles. The monoisotopic (exact) mass is 420 g/mol. The van der Waals surface area contributed by atoms with E-state index in [0.29, 0.717) is 35.0 Å². The zero-order valence-corrected chi connectivity index (χ0v) is 17.2. The van der Waals surface area contributed by atoms with E-state index in [9.17, 15) is 9.59 Å². The van der Waals surface area contributed by atoms with Crippen molar-refractivity contribution in [3.63, 3.8) is 0 Å². The largest absolute Gasteiger partial charge is 0.497 e. The van der Waals surface area contributed by atoms with E-state index in [1.165, 1.54) is 0 Å². The molecule has 0 radical (unpaired) electrons. The lowest BCUT2D eigenvalue weighted by Crippen LogP contribution is -2.45. The van der Waals surface area contributed by atoms with Gasteiger partial charge in [0.1, 0.15) is 11.8 Å². The van der Waals surface area contributed by atoms with Crippen molar-refractivity contribution in [1.29, 1.82) is 0 Å². The van der Waals surface area contributed by atoms with Gasteiger partial charge in [0.25, 0.3) is 11.8 Å². The lowest BCUT2D eigenvalue weighted by atomic mass is 9.91. The van der Waals surface area contributed by atoms with Gasteiger partial charge in [-0.25, -0.2) is 0 Å². The van der Waals surface area contributed by atoms with Crippen LogP contribution in [0.25, 0.3) is 0 Å². The highest BCUT2D eigenvalue weighted by molar-refractivity contribution is 6.30. The fraction of sp³-hybridized carbons (Fsp3) is 0.167. The second kappa shape index (κ2) is 8.59. The zero-order chi connectivity index (χ0) is 21.1. The number of anilines is 1. The first kappa shape index (κ1) is 20.0. The standard InChI is InChI=1S/C24H21ClN2O3/c1-30-20-12-10-19(11-13-20)26-23(28)22-21-5-3-2-4-16(21)14-15-27(22)24(29)17-6-8-18(25)9-7-17/h2-13,22H,14-15H2,1H3,(H,26,28). The third-order valence-corrected chi connectivity index (χ3v) is 5.49. The van der Waals surface area contributed by atoms with Gasteiger partial charge in [0, 0.05) is 22.8 Å². The number of rotatable bonds is 4. The van der Waals surface area contributed by atoms with Crippen LogP contribution in [0.3, 0.4) is 0 Å². The minimum atomic E-state index is -0.722. The number of hydrogen-bond acceptors (Lipinski definition) is 3. The number of hydrogen-bond donors (Lipinski definition) is 1. The van der Waals surface area contributed by atoms with Crippen LogP contribution >= 0.6 is 11.6 Å². The maximum atomic E-state index is 13.3. The van der Waals surface area contributed by atoms with E-state index in [-0.39, 0.29) is 11.8 Å². The lowest BCUT2D eigenvalue weighted by Gasteiger charge is -2.36. The van der Waals surface area contributed by atoms with Crippen molar-refractivity contribution in [1.82, 2.24) is 4.90 Å². The fourth-order valence-corrected chi connectivity index (χ4v) is 3.84. The number of ether oxygens (including phenoxy) is 1. The average Bonchev–Trinajstić information content (AvgIpc) is 2.78. The van der Waals surface area contributed by atoms with Gasteiger partial charge >= 0.3 is 0 Å². The van der Waals surface area contributed by atoms with Gasteiger partial charge in [-0.05, 0) is 66.1 Å². The van der Waals surface area contributed by atoms with Crippen molar-refractivity contribution in [2.24, 2.45) is 0 Å². The highest BCUT2D eigenvalue weighted by Gasteiger charge is 2.36. The molecular formula is C24H21ClN2O3. The first-order valence-corrected chi connectivity index (χ1v) is 10.0. The highest BCUT2D eigenvalue weighted by atomic mass is 35.5. The van der Waals surface area contributed by atoms with Crippen LogP contribution in [0.2, 0.25) is 5.02 Å². The summed E-state index contributed by atoms with van der Waals surface area (Å²) in [6.07, 6.45) is 0.696. The van der Waals surface area contributed by atoms with Gasteiger partial charge in [-0.1, -0.05) is 35.9 Å². The Labute approximate surface area is 180 Å². The summed E-state index contributed by atoms with van der Waals surface area (Å²) in [5.41, 5.74) is 3.06. The minimum Gasteiger partial charge on any atom is -0.497 e. The Kier molecular flexibility index (Phi) is 5.72. The Morgan fingerprint density at radius 3 is 2.40 bits per heavy atom. The van der Waals surface area contributed by atoms with Gasteiger partial charge in [-0.2, -0.15) is 0 Å². The molecule has 1 aliphatic rings. The molecule has 2 amide bonds. The normalized spacial score (nSPS) is 15.3. The summed E-state index contributed by atoms with van der Waals surface area (Å²) >= 11 is 5.96. The predicted octanol–water partition coefficient (Wildman–Crippen LogP) is 4.73. The molecule has 1 heterocycles. The smallest absolute Gasteiger partial charge is 0.254 e. The van der Waals surface area contributed by atoms with E-state index in [4.69, 9.17) is 16.3 Å². The summed E-state index contributed by atoms with van der Waals surface area (Å²) in [5, 5.41) is 3.50. The molecule has 0 aliphatic carbocycles. The molecular weight excluding hydrogens is 400 g/mol. The molecule has 152 valence electrons. The molecule has 3 aromatic rings. The molecule has 1 aliphatic heterocycles. The molecule has 0 bridgehead atoms. The average molecular weight is 421 g/mol. The van der Waals surface area contributed by atoms with Crippen molar-refractivity contribution < 1.29 is 14.3 Å². The molecule has 4 rings (SSSR count). The topological polar surface area (TPSA) is 58.6 Å². The number of benzene rings is 3. The van der Waals surface area contributed by atoms with E-state index in [1.54, 1.807) is 60.5 Å². The summed E-state index contributed by atoms with van der Waals surface area (Å²) < 4.78 is 5.17. The number of methoxy groups -OCH3 is 1. The quantitative estimate of drug-likeness (QED) is 0.664. The van der Waals surface area contributed by atoms with Crippen LogP contribution in [0.1, 0.15) is 27.5 Å². The Morgan fingerprint density at radius 1 is 1.00 bits per heavy atom. The lowest BCUT2D eigenvalue weighted by molar-refractivity contribution is -0.121. The molecule has 6 heteroatoms. The van der Waals surface area contributed by atoms with Gasteiger partial charge in [0.2, 0.25) is 0 Å². The zero-order valence-electron chi connectivity index (χ0n) is 16.5. The maximum absolute atomic E-state index is 13.3. The molecule has 1 unspecified atom stereocenters. The van der Waals surface area contributed by atoms with Crippen molar-refractivity contribution >= 4 is 29.1 Å². The van der Waals surface area contributed by atoms with Gasteiger partial charge in [-0.3, -0.25) is 9.59 Å². The molecule has 0 saturated heterocycles. The van der Waals surface area contributed by atoms with Crippen molar-refractivity contribution in [2.45, 2.75) is 12.5 Å². The number of nitrogens with zero attached hydrogens (tertiary/aromatic N) is 1. The summed E-state index contributed by atoms with van der Waals surface area (Å²) in [4.78, 5) is 28.2. The van der Waals surface area contributed by atoms with E-state index in [2.05, 4.69) is 5.32 Å². The molecule has 30 heavy (non-hydrogen) atoms. The van der Waals surface area contributed by atoms with E-state index >= 15 is 0 Å². The number of amides is 2. The highest BCUT2D eigenvalue weighted by Crippen LogP contribution is 2.32. The Morgan fingerprint density at radius 2 is 1.70 bits per heavy atom. The van der Waals surface area contributed by atoms with Crippen LogP contribution in [0.5, 0.6) is 5.75 Å². The van der Waals surface area contributed by atoms with Gasteiger partial charge < -0.3 is 15.0 Å². The SMILES string of the molecule is COc1ccc(NC(=O)C2c3ccccc3CCN2C(=O)c2ccc(Cl)cc2)cc1. The maximum Gasteiger partial charge on any atom is 0.254 e. The van der Waals surface area contributed by atoms with Crippen LogP contribution in [-0.4, -0.2) is 30.4 Å². The van der Waals surface area contributed by atoms with E-state index in [1.807, 2.05) is 24.3 Å². The Bertz CT molecular complexity index is 1060. The van der Waals surface area contributed by atoms with Gasteiger partial charge in [0.15, 0.2) is 0 Å². The van der Waals surface area contributed by atoms with Gasteiger partial charge in [0.05, 0.1) is 7.11 Å². The van der Waals surface area contributed by atoms with Crippen LogP contribution in [0, 0.1) is 0 Å². The third kappa shape index (κ3) is 4.02. The van der Waals surface area contributed by atoms with E-state index in [0.717, 1.165) is 11.1 Å². The number of nitrogens with one attached hydrogen (secondary N) is 1. The second-order valence-electron chi connectivity index (χ2n) is 7.07. The number of carbonyl (C=O) groups excluding carboxylic acids is 2. The number of halogens is 1. The minimum absolute atomic E-state index is 0.198. The van der Waals surface area contributed by atoms with Gasteiger partial charge in [-0.15, -0.1) is 0 Å². The first-order valence-electron chi connectivity index (χ1n) is 9.66. The van der Waals surface area contributed by atoms with E-state index < -0.39 is 6.04 Å². The predicted molar refractivity (Wildman–Crippen MR) is 117 cm³/mol. The molecule has 0 aromatic heterocycles. The van der Waals surface area contributed by atoms with Crippen LogP contribution < -0.4 is 10.1 Å². The van der Waals surface area contributed by atoms with Crippen LogP contribution in [-0.2, 0) is 11.2 Å². The van der Waals surface area contributed by atoms with Crippen LogP contribution in [0.4, 0.5) is 5.69 Å². The van der Waals surface area contributed by atoms with Crippen molar-refractivity contribution in [3.8, 4) is 5.75 Å². The Hall–Kier alpha value is -3.31. The van der Waals surface area contributed by atoms with Crippen molar-refractivity contribution in [2.75, 3.05) is 19.0 Å². The summed E-state index contributed by atoms with van der Waals surface area (Å²) in [6.45, 7) is 0.458. The number of carbonyl (C=O) groups is 2. The molecule has 0 saturated carbocycles. The first-order chi connectivity index (χ1) is 14.6. The molecule has 0 spiro atoms. The fourth-order valence-electron chi connectivity index (χ4n) is 3.71. The molecule has 5 nitrogen and oxygen atoms in total. The summed E-state index contributed by atoms with van der Waals surface area (Å²) in [5.74, 6) is 0.251. The third-order valence-electron chi connectivity index (χ3n) is 5.24. The number of fused-ring (bicyclic) bond motifs is 1. The summed E-state index contributed by atoms with van der Waals surface area (Å²) in [6, 6.07) is 20.9. The molecule has 1 N–H and O–H groups in total. The van der Waals surface area contributed by atoms with Crippen LogP contribution in [0.15, 0.2) is 72.8 Å². The second-order valence-corrected chi connectivity index (χ2v) is 7.51.